The molecule has 1 N–H and O–H groups in total. The molecule has 0 amide bonds. The summed E-state index contributed by atoms with van der Waals surface area (Å²) in [4.78, 5) is 4.92. The molecule has 2 heterocycles. The van der Waals surface area contributed by atoms with Gasteiger partial charge in [-0.2, -0.15) is 8.42 Å². The van der Waals surface area contributed by atoms with Gasteiger partial charge in [-0.15, -0.1) is 0 Å². The maximum Gasteiger partial charge on any atom is 0.287 e. The van der Waals surface area contributed by atoms with Crippen molar-refractivity contribution in [2.75, 3.05) is 0 Å². The first-order valence-corrected chi connectivity index (χ1v) is 11.9. The third-order valence-corrected chi connectivity index (χ3v) is 5.86. The van der Waals surface area contributed by atoms with Gasteiger partial charge in [0.1, 0.15) is 5.65 Å². The molecule has 0 aliphatic rings. The molecule has 0 aliphatic carbocycles. The Hall–Kier alpha value is -4.00. The lowest BCUT2D eigenvalue weighted by molar-refractivity contribution is 0.494. The van der Waals surface area contributed by atoms with Gasteiger partial charge in [0.2, 0.25) is 0 Å². The van der Waals surface area contributed by atoms with Crippen LogP contribution in [0.25, 0.3) is 45.2 Å². The van der Waals surface area contributed by atoms with Gasteiger partial charge in [-0.1, -0.05) is 84.9 Å². The van der Waals surface area contributed by atoms with Crippen LogP contribution in [0.3, 0.4) is 0 Å². The fourth-order valence-electron chi connectivity index (χ4n) is 3.79. The number of rotatable bonds is 5. The van der Waals surface area contributed by atoms with E-state index in [9.17, 15) is 8.42 Å². The fraction of sp³-hybridized carbons (Fsp3) is 0. The van der Waals surface area contributed by atoms with E-state index < -0.39 is 10.1 Å². The molecule has 2 aromatic heterocycles. The summed E-state index contributed by atoms with van der Waals surface area (Å²) in [6.45, 7) is 0. The standard InChI is InChI=1S/C27H20N2O3S/c30-33(31,32)16-15-20-11-13-23(14-12-20)26-19-29-18-24(21-7-3-1-4-8-21)17-25(27(29)28-26)22-9-5-2-6-10-22/h1-19H,(H,30,31,32). The Morgan fingerprint density at radius 2 is 1.36 bits per heavy atom. The second kappa shape index (κ2) is 8.50. The second-order valence-electron chi connectivity index (χ2n) is 7.67. The van der Waals surface area contributed by atoms with Crippen LogP contribution in [0.4, 0.5) is 0 Å². The van der Waals surface area contributed by atoms with Crippen LogP contribution in [-0.4, -0.2) is 22.4 Å². The lowest BCUT2D eigenvalue weighted by atomic mass is 10.0. The first-order valence-electron chi connectivity index (χ1n) is 10.4. The highest BCUT2D eigenvalue weighted by molar-refractivity contribution is 7.88. The van der Waals surface area contributed by atoms with E-state index in [0.29, 0.717) is 5.56 Å². The number of benzene rings is 3. The molecule has 162 valence electrons. The van der Waals surface area contributed by atoms with Crippen molar-refractivity contribution in [1.82, 2.24) is 9.38 Å². The van der Waals surface area contributed by atoms with Gasteiger partial charge in [-0.3, -0.25) is 4.55 Å². The fourth-order valence-corrected chi connectivity index (χ4v) is 4.11. The van der Waals surface area contributed by atoms with Gasteiger partial charge in [-0.25, -0.2) is 4.98 Å². The summed E-state index contributed by atoms with van der Waals surface area (Å²) in [6, 6.07) is 29.9. The summed E-state index contributed by atoms with van der Waals surface area (Å²) in [5, 5.41) is 0.768. The molecule has 0 saturated carbocycles. The average Bonchev–Trinajstić information content (AvgIpc) is 3.27. The van der Waals surface area contributed by atoms with Gasteiger partial charge >= 0.3 is 0 Å². The highest BCUT2D eigenvalue weighted by Crippen LogP contribution is 2.32. The predicted molar refractivity (Wildman–Crippen MR) is 132 cm³/mol. The van der Waals surface area contributed by atoms with Crippen LogP contribution in [0.1, 0.15) is 5.56 Å². The molecule has 0 saturated heterocycles. The predicted octanol–water partition coefficient (Wildman–Crippen LogP) is 6.19. The Labute approximate surface area is 192 Å². The molecule has 6 heteroatoms. The van der Waals surface area contributed by atoms with Gasteiger partial charge in [0, 0.05) is 23.5 Å². The molecule has 5 rings (SSSR count). The largest absolute Gasteiger partial charge is 0.305 e. The van der Waals surface area contributed by atoms with Crippen LogP contribution in [0, 0.1) is 0 Å². The summed E-state index contributed by atoms with van der Waals surface area (Å²) in [5.74, 6) is 0. The summed E-state index contributed by atoms with van der Waals surface area (Å²) < 4.78 is 32.8. The van der Waals surface area contributed by atoms with Crippen molar-refractivity contribution in [2.24, 2.45) is 0 Å². The van der Waals surface area contributed by atoms with Crippen molar-refractivity contribution in [3.8, 4) is 33.5 Å². The van der Waals surface area contributed by atoms with E-state index in [1.165, 1.54) is 6.08 Å². The number of fused-ring (bicyclic) bond motifs is 1. The number of nitrogens with zero attached hydrogens (tertiary/aromatic N) is 2. The van der Waals surface area contributed by atoms with Crippen molar-refractivity contribution in [1.29, 1.82) is 0 Å². The van der Waals surface area contributed by atoms with E-state index in [-0.39, 0.29) is 0 Å². The van der Waals surface area contributed by atoms with Crippen LogP contribution in [0.15, 0.2) is 109 Å². The van der Waals surface area contributed by atoms with Gasteiger partial charge in [0.05, 0.1) is 11.1 Å². The Balaban J connectivity index is 1.62. The van der Waals surface area contributed by atoms with Crippen molar-refractivity contribution < 1.29 is 13.0 Å². The molecule has 0 unspecified atom stereocenters. The first-order chi connectivity index (χ1) is 16.0. The molecule has 0 atom stereocenters. The van der Waals surface area contributed by atoms with Gasteiger partial charge < -0.3 is 4.40 Å². The number of hydrogen-bond donors (Lipinski definition) is 1. The van der Waals surface area contributed by atoms with Crippen molar-refractivity contribution >= 4 is 21.8 Å². The second-order valence-corrected chi connectivity index (χ2v) is 8.97. The molecule has 0 aliphatic heterocycles. The number of imidazole rings is 1. The highest BCUT2D eigenvalue weighted by Gasteiger charge is 2.12. The SMILES string of the molecule is O=S(=O)(O)C=Cc1ccc(-c2cn3cc(-c4ccccc4)cc(-c4ccccc4)c3n2)cc1. The monoisotopic (exact) mass is 452 g/mol. The van der Waals surface area contributed by atoms with E-state index in [4.69, 9.17) is 9.54 Å². The average molecular weight is 453 g/mol. The minimum absolute atomic E-state index is 0.663. The molecule has 0 bridgehead atoms. The van der Waals surface area contributed by atoms with E-state index in [2.05, 4.69) is 36.5 Å². The van der Waals surface area contributed by atoms with E-state index in [1.54, 1.807) is 12.1 Å². The van der Waals surface area contributed by atoms with Crippen LogP contribution in [0.2, 0.25) is 0 Å². The lowest BCUT2D eigenvalue weighted by Crippen LogP contribution is -1.90. The summed E-state index contributed by atoms with van der Waals surface area (Å²) >= 11 is 0. The van der Waals surface area contributed by atoms with Gasteiger partial charge in [-0.05, 0) is 34.4 Å². The van der Waals surface area contributed by atoms with Gasteiger partial charge in [0.25, 0.3) is 10.1 Å². The first kappa shape index (κ1) is 20.9. The Morgan fingerprint density at radius 3 is 2.00 bits per heavy atom. The third kappa shape index (κ3) is 4.62. The topological polar surface area (TPSA) is 71.7 Å². The molecule has 33 heavy (non-hydrogen) atoms. The molecule has 5 nitrogen and oxygen atoms in total. The van der Waals surface area contributed by atoms with Crippen LogP contribution in [-0.2, 0) is 10.1 Å². The number of pyridine rings is 1. The van der Waals surface area contributed by atoms with Crippen LogP contribution < -0.4 is 0 Å². The normalized spacial score (nSPS) is 11.9. The molecule has 0 fully saturated rings. The van der Waals surface area contributed by atoms with Crippen LogP contribution >= 0.6 is 0 Å². The van der Waals surface area contributed by atoms with E-state index in [0.717, 1.165) is 44.6 Å². The smallest absolute Gasteiger partial charge is 0.287 e. The molecule has 0 spiro atoms. The minimum atomic E-state index is -4.16. The molecule has 3 aromatic carbocycles. The molecular formula is C27H20N2O3S. The summed E-state index contributed by atoms with van der Waals surface area (Å²) in [7, 11) is -4.16. The summed E-state index contributed by atoms with van der Waals surface area (Å²) in [6.07, 6.45) is 5.43. The maximum absolute atomic E-state index is 10.9. The van der Waals surface area contributed by atoms with E-state index >= 15 is 0 Å². The van der Waals surface area contributed by atoms with Gasteiger partial charge in [0.15, 0.2) is 0 Å². The quantitative estimate of drug-likeness (QED) is 0.323. The minimum Gasteiger partial charge on any atom is -0.305 e. The molecule has 0 radical (unpaired) electrons. The Morgan fingerprint density at radius 1 is 0.727 bits per heavy atom. The zero-order chi connectivity index (χ0) is 22.8. The summed E-state index contributed by atoms with van der Waals surface area (Å²) in [5.41, 5.74) is 7.57. The Bertz CT molecular complexity index is 1560. The van der Waals surface area contributed by atoms with Crippen LogP contribution in [0.5, 0.6) is 0 Å². The number of aromatic nitrogens is 2. The molecule has 5 aromatic rings. The zero-order valence-electron chi connectivity index (χ0n) is 17.5. The highest BCUT2D eigenvalue weighted by atomic mass is 32.2. The lowest BCUT2D eigenvalue weighted by Gasteiger charge is -2.09. The van der Waals surface area contributed by atoms with E-state index in [1.807, 2.05) is 59.1 Å². The Kier molecular flexibility index (Phi) is 5.38. The maximum atomic E-state index is 10.9. The molecular weight excluding hydrogens is 432 g/mol. The van der Waals surface area contributed by atoms with Crippen molar-refractivity contribution in [3.05, 3.63) is 114 Å². The van der Waals surface area contributed by atoms with Crippen molar-refractivity contribution in [3.63, 3.8) is 0 Å². The third-order valence-electron chi connectivity index (χ3n) is 5.38. The number of hydrogen-bond acceptors (Lipinski definition) is 3. The zero-order valence-corrected chi connectivity index (χ0v) is 18.4. The van der Waals surface area contributed by atoms with Crippen molar-refractivity contribution in [2.45, 2.75) is 0 Å².